The standard InChI is InChI=1S/C25H39N3O4/c1-15(2)20(27-24(31)32-25(6,7)8)23(30)28(19-13-14-19)21(22(29)26-16(3)4)18-11-9-17(5)10-12-18/h9-12,15-16,19-21H,13-14H2,1-8H3,(H,26,29)(H,27,31). The fourth-order valence-corrected chi connectivity index (χ4v) is 3.53. The van der Waals surface area contributed by atoms with Crippen molar-refractivity contribution < 1.29 is 19.1 Å². The summed E-state index contributed by atoms with van der Waals surface area (Å²) in [6.45, 7) is 14.9. The van der Waals surface area contributed by atoms with Crippen LogP contribution in [-0.4, -0.2) is 46.5 Å². The first-order valence-electron chi connectivity index (χ1n) is 11.5. The molecule has 2 atom stereocenters. The van der Waals surface area contributed by atoms with Gasteiger partial charge in [0, 0.05) is 12.1 Å². The number of alkyl carbamates (subject to hydrolysis) is 1. The third-order valence-electron chi connectivity index (χ3n) is 5.15. The monoisotopic (exact) mass is 445 g/mol. The number of nitrogens with one attached hydrogen (secondary N) is 2. The molecule has 7 heteroatoms. The van der Waals surface area contributed by atoms with Crippen LogP contribution in [0.4, 0.5) is 4.79 Å². The van der Waals surface area contributed by atoms with E-state index in [1.54, 1.807) is 25.7 Å². The molecule has 0 aromatic heterocycles. The van der Waals surface area contributed by atoms with Crippen LogP contribution in [-0.2, 0) is 14.3 Å². The van der Waals surface area contributed by atoms with Crippen molar-refractivity contribution in [1.82, 2.24) is 15.5 Å². The highest BCUT2D eigenvalue weighted by atomic mass is 16.6. The van der Waals surface area contributed by atoms with E-state index in [4.69, 9.17) is 4.74 Å². The van der Waals surface area contributed by atoms with Crippen molar-refractivity contribution in [3.8, 4) is 0 Å². The second kappa shape index (κ2) is 10.4. The highest BCUT2D eigenvalue weighted by molar-refractivity contribution is 5.92. The van der Waals surface area contributed by atoms with E-state index in [0.717, 1.165) is 24.0 Å². The normalized spacial score (nSPS) is 15.8. The summed E-state index contributed by atoms with van der Waals surface area (Å²) in [6.07, 6.45) is 1.03. The smallest absolute Gasteiger partial charge is 0.408 e. The number of ether oxygens (including phenoxy) is 1. The predicted molar refractivity (Wildman–Crippen MR) is 125 cm³/mol. The van der Waals surface area contributed by atoms with E-state index in [9.17, 15) is 14.4 Å². The number of carbonyl (C=O) groups excluding carboxylic acids is 3. The molecule has 7 nitrogen and oxygen atoms in total. The largest absolute Gasteiger partial charge is 0.444 e. The molecule has 0 saturated heterocycles. The summed E-state index contributed by atoms with van der Waals surface area (Å²) in [5, 5.41) is 5.72. The van der Waals surface area contributed by atoms with Gasteiger partial charge in [0.05, 0.1) is 0 Å². The third kappa shape index (κ3) is 7.24. The van der Waals surface area contributed by atoms with Crippen LogP contribution in [0.25, 0.3) is 0 Å². The fraction of sp³-hybridized carbons (Fsp3) is 0.640. The Morgan fingerprint density at radius 3 is 2.00 bits per heavy atom. The van der Waals surface area contributed by atoms with Gasteiger partial charge >= 0.3 is 6.09 Å². The molecule has 1 aliphatic rings. The third-order valence-corrected chi connectivity index (χ3v) is 5.15. The number of nitrogens with zero attached hydrogens (tertiary/aromatic N) is 1. The summed E-state index contributed by atoms with van der Waals surface area (Å²) in [5.41, 5.74) is 1.16. The van der Waals surface area contributed by atoms with Crippen molar-refractivity contribution in [3.05, 3.63) is 35.4 Å². The second-order valence-electron chi connectivity index (χ2n) is 10.3. The zero-order valence-electron chi connectivity index (χ0n) is 20.7. The lowest BCUT2D eigenvalue weighted by Crippen LogP contribution is -2.55. The summed E-state index contributed by atoms with van der Waals surface area (Å²) in [7, 11) is 0. The maximum Gasteiger partial charge on any atom is 0.408 e. The molecule has 1 aromatic carbocycles. The maximum absolute atomic E-state index is 13.8. The summed E-state index contributed by atoms with van der Waals surface area (Å²) >= 11 is 0. The summed E-state index contributed by atoms with van der Waals surface area (Å²) < 4.78 is 5.38. The van der Waals surface area contributed by atoms with E-state index in [1.165, 1.54) is 0 Å². The maximum atomic E-state index is 13.8. The van der Waals surface area contributed by atoms with Gasteiger partial charge in [0.1, 0.15) is 17.7 Å². The molecule has 1 aliphatic carbocycles. The van der Waals surface area contributed by atoms with Crippen LogP contribution in [0.3, 0.4) is 0 Å². The molecule has 0 bridgehead atoms. The fourth-order valence-electron chi connectivity index (χ4n) is 3.53. The summed E-state index contributed by atoms with van der Waals surface area (Å²) in [5.74, 6) is -0.662. The van der Waals surface area contributed by atoms with Crippen molar-refractivity contribution in [2.24, 2.45) is 5.92 Å². The molecule has 2 rings (SSSR count). The van der Waals surface area contributed by atoms with Gasteiger partial charge < -0.3 is 20.3 Å². The molecule has 1 fully saturated rings. The number of amides is 3. The number of aryl methyl sites for hydroxylation is 1. The van der Waals surface area contributed by atoms with E-state index in [1.807, 2.05) is 58.9 Å². The van der Waals surface area contributed by atoms with Crippen LogP contribution in [0.15, 0.2) is 24.3 Å². The number of rotatable bonds is 8. The minimum Gasteiger partial charge on any atom is -0.444 e. The number of hydrogen-bond acceptors (Lipinski definition) is 4. The Morgan fingerprint density at radius 2 is 1.56 bits per heavy atom. The first kappa shape index (κ1) is 25.7. The molecule has 0 aliphatic heterocycles. The van der Waals surface area contributed by atoms with Crippen molar-refractivity contribution in [3.63, 3.8) is 0 Å². The average Bonchev–Trinajstić information content (AvgIpc) is 3.47. The van der Waals surface area contributed by atoms with E-state index in [0.29, 0.717) is 0 Å². The highest BCUT2D eigenvalue weighted by Gasteiger charge is 2.44. The van der Waals surface area contributed by atoms with E-state index >= 15 is 0 Å². The van der Waals surface area contributed by atoms with Gasteiger partial charge in [-0.25, -0.2) is 4.79 Å². The molecule has 3 amide bonds. The lowest BCUT2D eigenvalue weighted by Gasteiger charge is -2.36. The molecule has 32 heavy (non-hydrogen) atoms. The lowest BCUT2D eigenvalue weighted by atomic mass is 9.98. The van der Waals surface area contributed by atoms with Gasteiger partial charge in [-0.1, -0.05) is 43.7 Å². The average molecular weight is 446 g/mol. The van der Waals surface area contributed by atoms with Gasteiger partial charge in [-0.2, -0.15) is 0 Å². The van der Waals surface area contributed by atoms with Crippen LogP contribution < -0.4 is 10.6 Å². The van der Waals surface area contributed by atoms with Crippen molar-refractivity contribution in [2.45, 2.75) is 98.0 Å². The molecule has 1 saturated carbocycles. The lowest BCUT2D eigenvalue weighted by molar-refractivity contribution is -0.144. The van der Waals surface area contributed by atoms with Crippen LogP contribution in [0, 0.1) is 12.8 Å². The van der Waals surface area contributed by atoms with Crippen LogP contribution >= 0.6 is 0 Å². The Morgan fingerprint density at radius 1 is 1.00 bits per heavy atom. The number of hydrogen-bond donors (Lipinski definition) is 2. The summed E-state index contributed by atoms with van der Waals surface area (Å²) in [4.78, 5) is 41.2. The van der Waals surface area contributed by atoms with Crippen molar-refractivity contribution in [2.75, 3.05) is 0 Å². The Kier molecular flexibility index (Phi) is 8.32. The summed E-state index contributed by atoms with van der Waals surface area (Å²) in [6, 6.07) is 6.02. The second-order valence-corrected chi connectivity index (χ2v) is 10.3. The Balaban J connectivity index is 2.40. The molecule has 0 spiro atoms. The molecule has 2 N–H and O–H groups in total. The Bertz CT molecular complexity index is 807. The van der Waals surface area contributed by atoms with E-state index < -0.39 is 23.8 Å². The van der Waals surface area contributed by atoms with Gasteiger partial charge in [0.15, 0.2) is 0 Å². The topological polar surface area (TPSA) is 87.7 Å². The van der Waals surface area contributed by atoms with Crippen LogP contribution in [0.2, 0.25) is 0 Å². The van der Waals surface area contributed by atoms with Gasteiger partial charge in [0.25, 0.3) is 0 Å². The number of carbonyl (C=O) groups is 3. The van der Waals surface area contributed by atoms with Crippen LogP contribution in [0.1, 0.15) is 78.5 Å². The number of benzene rings is 1. The minimum absolute atomic E-state index is 0.0339. The Hall–Kier alpha value is -2.57. The van der Waals surface area contributed by atoms with E-state index in [2.05, 4.69) is 10.6 Å². The first-order valence-corrected chi connectivity index (χ1v) is 11.5. The van der Waals surface area contributed by atoms with Crippen molar-refractivity contribution in [1.29, 1.82) is 0 Å². The first-order chi connectivity index (χ1) is 14.8. The molecule has 1 aromatic rings. The van der Waals surface area contributed by atoms with Gasteiger partial charge in [-0.3, -0.25) is 9.59 Å². The molecule has 0 heterocycles. The van der Waals surface area contributed by atoms with Crippen LogP contribution in [0.5, 0.6) is 0 Å². The molecule has 178 valence electrons. The van der Waals surface area contributed by atoms with Gasteiger partial charge in [-0.05, 0) is 65.9 Å². The zero-order chi connectivity index (χ0) is 24.2. The zero-order valence-corrected chi connectivity index (χ0v) is 20.7. The quantitative estimate of drug-likeness (QED) is 0.631. The molecule has 0 radical (unpaired) electrons. The molecular formula is C25H39N3O4. The van der Waals surface area contributed by atoms with E-state index in [-0.39, 0.29) is 29.8 Å². The van der Waals surface area contributed by atoms with Crippen molar-refractivity contribution >= 4 is 17.9 Å². The molecule has 2 unspecified atom stereocenters. The Labute approximate surface area is 192 Å². The minimum atomic E-state index is -0.801. The highest BCUT2D eigenvalue weighted by Crippen LogP contribution is 2.36. The predicted octanol–water partition coefficient (Wildman–Crippen LogP) is 4.10. The van der Waals surface area contributed by atoms with Gasteiger partial charge in [-0.15, -0.1) is 0 Å². The van der Waals surface area contributed by atoms with Gasteiger partial charge in [0.2, 0.25) is 11.8 Å². The molecular weight excluding hydrogens is 406 g/mol. The SMILES string of the molecule is Cc1ccc(C(C(=O)NC(C)C)N(C(=O)C(NC(=O)OC(C)(C)C)C(C)C)C2CC2)cc1.